The summed E-state index contributed by atoms with van der Waals surface area (Å²) in [5.74, 6) is 0.310. The lowest BCUT2D eigenvalue weighted by atomic mass is 10.2. The molecule has 2 aromatic rings. The molecule has 0 radical (unpaired) electrons. The quantitative estimate of drug-likeness (QED) is 0.864. The Bertz CT molecular complexity index is 737. The molecule has 118 valence electrons. The molecule has 7 heteroatoms. The van der Waals surface area contributed by atoms with Gasteiger partial charge >= 0.3 is 0 Å². The molecule has 1 saturated heterocycles. The topological polar surface area (TPSA) is 56.1 Å². The molecule has 0 atom stereocenters. The van der Waals surface area contributed by atoms with Crippen LogP contribution in [0.25, 0.3) is 0 Å². The maximum Gasteiger partial charge on any atom is 0.183 e. The molecule has 0 bridgehead atoms. The summed E-state index contributed by atoms with van der Waals surface area (Å²) in [5, 5.41) is 9.57. The molecule has 1 aromatic carbocycles. The predicted molar refractivity (Wildman–Crippen MR) is 85.6 cm³/mol. The molecule has 5 nitrogen and oxygen atoms in total. The molecule has 1 aromatic heterocycles. The van der Waals surface area contributed by atoms with Gasteiger partial charge in [0.2, 0.25) is 0 Å². The van der Waals surface area contributed by atoms with E-state index >= 15 is 0 Å². The molecule has 0 saturated carbocycles. The van der Waals surface area contributed by atoms with Crippen LogP contribution in [0.4, 0.5) is 10.2 Å². The van der Waals surface area contributed by atoms with Crippen molar-refractivity contribution in [1.82, 2.24) is 14.9 Å². The Balaban J connectivity index is 1.63. The van der Waals surface area contributed by atoms with Crippen LogP contribution in [0, 0.1) is 17.1 Å². The molecule has 23 heavy (non-hydrogen) atoms. The Kier molecular flexibility index (Phi) is 4.70. The Morgan fingerprint density at radius 1 is 1.17 bits per heavy atom. The maximum atomic E-state index is 13.1. The smallest absolute Gasteiger partial charge is 0.183 e. The Labute approximate surface area is 138 Å². The lowest BCUT2D eigenvalue weighted by molar-refractivity contribution is 0.249. The summed E-state index contributed by atoms with van der Waals surface area (Å²) in [6.45, 7) is 3.82. The molecule has 1 aliphatic rings. The number of nitriles is 1. The fourth-order valence-electron chi connectivity index (χ4n) is 2.65. The normalized spacial score (nSPS) is 15.4. The van der Waals surface area contributed by atoms with Crippen LogP contribution < -0.4 is 4.90 Å². The SMILES string of the molecule is N#Cc1nccnc1N1CCN(Cc2ccc(F)cc2Cl)CC1. The molecular formula is C16H15ClFN5. The van der Waals surface area contributed by atoms with Crippen LogP contribution in [0.1, 0.15) is 11.3 Å². The number of piperazine rings is 1. The van der Waals surface area contributed by atoms with Gasteiger partial charge in [-0.1, -0.05) is 17.7 Å². The van der Waals surface area contributed by atoms with Gasteiger partial charge in [0.15, 0.2) is 11.5 Å². The average Bonchev–Trinajstić information content (AvgIpc) is 2.58. The van der Waals surface area contributed by atoms with Crippen molar-refractivity contribution in [3.63, 3.8) is 0 Å². The molecule has 0 N–H and O–H groups in total. The summed E-state index contributed by atoms with van der Waals surface area (Å²) in [6, 6.07) is 6.56. The van der Waals surface area contributed by atoms with E-state index in [1.165, 1.54) is 18.3 Å². The summed E-state index contributed by atoms with van der Waals surface area (Å²) >= 11 is 6.08. The van der Waals surface area contributed by atoms with Gasteiger partial charge in [0.1, 0.15) is 11.9 Å². The van der Waals surface area contributed by atoms with Crippen LogP contribution in [0.2, 0.25) is 5.02 Å². The molecule has 0 aliphatic carbocycles. The first-order valence-corrected chi connectivity index (χ1v) is 7.67. The van der Waals surface area contributed by atoms with Crippen molar-refractivity contribution in [2.24, 2.45) is 0 Å². The van der Waals surface area contributed by atoms with Crippen LogP contribution in [0.15, 0.2) is 30.6 Å². The molecule has 1 fully saturated rings. The summed E-state index contributed by atoms with van der Waals surface area (Å²) < 4.78 is 13.1. The third-order valence-corrected chi connectivity index (χ3v) is 4.22. The summed E-state index contributed by atoms with van der Waals surface area (Å²) in [4.78, 5) is 12.6. The van der Waals surface area contributed by atoms with Gasteiger partial charge in [-0.3, -0.25) is 4.90 Å². The van der Waals surface area contributed by atoms with Crippen LogP contribution >= 0.6 is 11.6 Å². The zero-order valence-electron chi connectivity index (χ0n) is 12.4. The van der Waals surface area contributed by atoms with Gasteiger partial charge in [-0.25, -0.2) is 14.4 Å². The van der Waals surface area contributed by atoms with Crippen molar-refractivity contribution >= 4 is 17.4 Å². The summed E-state index contributed by atoms with van der Waals surface area (Å²) in [6.07, 6.45) is 3.12. The minimum absolute atomic E-state index is 0.324. The number of benzene rings is 1. The van der Waals surface area contributed by atoms with Gasteiger partial charge in [-0.2, -0.15) is 5.26 Å². The van der Waals surface area contributed by atoms with Crippen molar-refractivity contribution in [2.75, 3.05) is 31.1 Å². The predicted octanol–water partition coefficient (Wildman–Crippen LogP) is 2.46. The van der Waals surface area contributed by atoms with Gasteiger partial charge in [0.05, 0.1) is 0 Å². The van der Waals surface area contributed by atoms with E-state index in [0.29, 0.717) is 23.1 Å². The van der Waals surface area contributed by atoms with Crippen molar-refractivity contribution < 1.29 is 4.39 Å². The van der Waals surface area contributed by atoms with Gasteiger partial charge < -0.3 is 4.90 Å². The highest BCUT2D eigenvalue weighted by molar-refractivity contribution is 6.31. The van der Waals surface area contributed by atoms with E-state index < -0.39 is 0 Å². The van der Waals surface area contributed by atoms with Crippen LogP contribution in [0.5, 0.6) is 0 Å². The van der Waals surface area contributed by atoms with E-state index in [4.69, 9.17) is 16.9 Å². The number of rotatable bonds is 3. The number of aromatic nitrogens is 2. The molecule has 2 heterocycles. The van der Waals surface area contributed by atoms with Gasteiger partial charge in [0, 0.05) is 50.1 Å². The summed E-state index contributed by atoms with van der Waals surface area (Å²) in [5.41, 5.74) is 1.27. The minimum atomic E-state index is -0.324. The van der Waals surface area contributed by atoms with E-state index in [-0.39, 0.29) is 5.82 Å². The first-order chi connectivity index (χ1) is 11.2. The number of nitrogens with zero attached hydrogens (tertiary/aromatic N) is 5. The Morgan fingerprint density at radius 2 is 1.91 bits per heavy atom. The fourth-order valence-corrected chi connectivity index (χ4v) is 2.88. The lowest BCUT2D eigenvalue weighted by Gasteiger charge is -2.35. The van der Waals surface area contributed by atoms with Crippen molar-refractivity contribution in [2.45, 2.75) is 6.54 Å². The Hall–Kier alpha value is -2.23. The van der Waals surface area contributed by atoms with Crippen molar-refractivity contribution in [3.05, 3.63) is 52.7 Å². The van der Waals surface area contributed by atoms with E-state index in [0.717, 1.165) is 31.7 Å². The zero-order chi connectivity index (χ0) is 16.2. The average molecular weight is 332 g/mol. The second kappa shape index (κ2) is 6.90. The molecule has 0 spiro atoms. The monoisotopic (exact) mass is 331 g/mol. The summed E-state index contributed by atoms with van der Waals surface area (Å²) in [7, 11) is 0. The van der Waals surface area contributed by atoms with Crippen LogP contribution in [0.3, 0.4) is 0 Å². The first-order valence-electron chi connectivity index (χ1n) is 7.29. The van der Waals surface area contributed by atoms with E-state index in [2.05, 4.69) is 25.8 Å². The molecule has 3 rings (SSSR count). The number of hydrogen-bond donors (Lipinski definition) is 0. The van der Waals surface area contributed by atoms with E-state index in [1.807, 2.05) is 0 Å². The van der Waals surface area contributed by atoms with Gasteiger partial charge in [0.25, 0.3) is 0 Å². The molecular weight excluding hydrogens is 317 g/mol. The third kappa shape index (κ3) is 3.58. The third-order valence-electron chi connectivity index (χ3n) is 3.87. The largest absolute Gasteiger partial charge is 0.352 e. The minimum Gasteiger partial charge on any atom is -0.352 e. The second-order valence-electron chi connectivity index (χ2n) is 5.34. The highest BCUT2D eigenvalue weighted by Gasteiger charge is 2.21. The second-order valence-corrected chi connectivity index (χ2v) is 5.75. The van der Waals surface area contributed by atoms with E-state index in [9.17, 15) is 4.39 Å². The first kappa shape index (κ1) is 15.7. The van der Waals surface area contributed by atoms with Crippen LogP contribution in [-0.2, 0) is 6.54 Å². The molecule has 0 unspecified atom stereocenters. The lowest BCUT2D eigenvalue weighted by Crippen LogP contribution is -2.46. The fraction of sp³-hybridized carbons (Fsp3) is 0.312. The van der Waals surface area contributed by atoms with Crippen LogP contribution in [-0.4, -0.2) is 41.0 Å². The number of halogens is 2. The van der Waals surface area contributed by atoms with E-state index in [1.54, 1.807) is 12.3 Å². The van der Waals surface area contributed by atoms with Crippen molar-refractivity contribution in [3.8, 4) is 6.07 Å². The van der Waals surface area contributed by atoms with Crippen molar-refractivity contribution in [1.29, 1.82) is 5.26 Å². The standard InChI is InChI=1S/C16H15ClFN5/c17-14-9-13(18)2-1-12(14)11-22-5-7-23(8-6-22)16-15(10-19)20-3-4-21-16/h1-4,9H,5-8,11H2. The molecule has 0 amide bonds. The zero-order valence-corrected chi connectivity index (χ0v) is 13.2. The molecule has 1 aliphatic heterocycles. The highest BCUT2D eigenvalue weighted by atomic mass is 35.5. The number of hydrogen-bond acceptors (Lipinski definition) is 5. The number of anilines is 1. The van der Waals surface area contributed by atoms with Gasteiger partial charge in [-0.15, -0.1) is 0 Å². The highest BCUT2D eigenvalue weighted by Crippen LogP contribution is 2.21. The Morgan fingerprint density at radius 3 is 2.61 bits per heavy atom. The maximum absolute atomic E-state index is 13.1. The van der Waals surface area contributed by atoms with Gasteiger partial charge in [-0.05, 0) is 17.7 Å².